The maximum atomic E-state index is 6.41. The lowest BCUT2D eigenvalue weighted by Gasteiger charge is -2.57. The van der Waals surface area contributed by atoms with Gasteiger partial charge in [0.1, 0.15) is 5.60 Å². The Hall–Kier alpha value is -2.06. The number of allylic oxidation sites excluding steroid dienone is 1. The Bertz CT molecular complexity index is 651. The van der Waals surface area contributed by atoms with E-state index in [-0.39, 0.29) is 5.92 Å². The highest BCUT2D eigenvalue weighted by molar-refractivity contribution is 5.44. The number of rotatable bonds is 2. The molecule has 0 spiro atoms. The predicted molar refractivity (Wildman–Crippen MR) is 81.5 cm³/mol. The van der Waals surface area contributed by atoms with Crippen molar-refractivity contribution in [3.63, 3.8) is 0 Å². The van der Waals surface area contributed by atoms with Gasteiger partial charge in [-0.1, -0.05) is 60.7 Å². The molecule has 2 unspecified atom stereocenters. The minimum absolute atomic E-state index is 0.190. The van der Waals surface area contributed by atoms with Gasteiger partial charge >= 0.3 is 0 Å². The van der Waals surface area contributed by atoms with Crippen molar-refractivity contribution in [3.8, 4) is 0 Å². The largest absolute Gasteiger partial charge is 0.467 e. The molecular weight excluding hydrogens is 260 g/mol. The monoisotopic (exact) mass is 278 g/mol. The normalized spacial score (nSPS) is 29.0. The Labute approximate surface area is 125 Å². The number of ether oxygens (including phenoxy) is 2. The van der Waals surface area contributed by atoms with Crippen molar-refractivity contribution in [2.24, 2.45) is 5.92 Å². The number of hydrogen-bond acceptors (Lipinski definition) is 2. The van der Waals surface area contributed by atoms with Gasteiger partial charge in [-0.15, -0.1) is 0 Å². The van der Waals surface area contributed by atoms with E-state index in [1.165, 1.54) is 11.1 Å². The molecule has 4 rings (SSSR count). The minimum atomic E-state index is -0.546. The molecule has 1 saturated heterocycles. The summed E-state index contributed by atoms with van der Waals surface area (Å²) in [6.07, 6.45) is 2.20. The first-order chi connectivity index (χ1) is 10.2. The summed E-state index contributed by atoms with van der Waals surface area (Å²) >= 11 is 0. The fraction of sp³-hybridized carbons (Fsp3) is 0.263. The first-order valence-corrected chi connectivity index (χ1v) is 7.34. The number of fused-ring (bicyclic) bond motifs is 1. The van der Waals surface area contributed by atoms with Gasteiger partial charge in [-0.05, 0) is 24.1 Å². The number of hydrogen-bond donors (Lipinski definition) is 0. The molecule has 0 saturated carbocycles. The van der Waals surface area contributed by atoms with Crippen molar-refractivity contribution in [3.05, 3.63) is 83.6 Å². The van der Waals surface area contributed by atoms with E-state index in [4.69, 9.17) is 9.47 Å². The first kappa shape index (κ1) is 12.7. The molecule has 106 valence electrons. The van der Waals surface area contributed by atoms with Crippen LogP contribution in [0.25, 0.3) is 0 Å². The first-order valence-electron chi connectivity index (χ1n) is 7.34. The van der Waals surface area contributed by atoms with E-state index in [1.807, 2.05) is 26.0 Å². The maximum absolute atomic E-state index is 6.41. The van der Waals surface area contributed by atoms with E-state index in [0.717, 1.165) is 5.76 Å². The van der Waals surface area contributed by atoms with Gasteiger partial charge in [-0.25, -0.2) is 0 Å². The molecule has 2 atom stereocenters. The van der Waals surface area contributed by atoms with Crippen LogP contribution >= 0.6 is 0 Å². The van der Waals surface area contributed by atoms with E-state index in [0.29, 0.717) is 0 Å². The van der Waals surface area contributed by atoms with Crippen LogP contribution in [0.1, 0.15) is 25.0 Å². The van der Waals surface area contributed by atoms with Gasteiger partial charge in [0.15, 0.2) is 0 Å². The summed E-state index contributed by atoms with van der Waals surface area (Å²) in [5.74, 6) is 0.585. The van der Waals surface area contributed by atoms with Gasteiger partial charge in [0.05, 0.1) is 11.7 Å². The zero-order chi connectivity index (χ0) is 14.5. The van der Waals surface area contributed by atoms with E-state index in [2.05, 4.69) is 54.6 Å². The molecule has 2 aliphatic rings. The van der Waals surface area contributed by atoms with Crippen molar-refractivity contribution in [1.82, 2.24) is 0 Å². The van der Waals surface area contributed by atoms with Gasteiger partial charge in [-0.3, -0.25) is 0 Å². The van der Waals surface area contributed by atoms with Gasteiger partial charge in [-0.2, -0.15) is 0 Å². The molecule has 2 nitrogen and oxygen atoms in total. The van der Waals surface area contributed by atoms with E-state index in [1.54, 1.807) is 0 Å². The van der Waals surface area contributed by atoms with Crippen molar-refractivity contribution in [1.29, 1.82) is 0 Å². The van der Waals surface area contributed by atoms with E-state index in [9.17, 15) is 0 Å². The fourth-order valence-corrected chi connectivity index (χ4v) is 3.71. The highest BCUT2D eigenvalue weighted by Crippen LogP contribution is 2.61. The molecule has 2 heteroatoms. The van der Waals surface area contributed by atoms with Crippen LogP contribution < -0.4 is 0 Å². The highest BCUT2D eigenvalue weighted by Gasteiger charge is 2.67. The summed E-state index contributed by atoms with van der Waals surface area (Å²) < 4.78 is 12.3. The average Bonchev–Trinajstić information content (AvgIpc) is 2.75. The molecule has 0 aromatic heterocycles. The van der Waals surface area contributed by atoms with Crippen LogP contribution in [0.2, 0.25) is 0 Å². The Balaban J connectivity index is 1.90. The minimum Gasteiger partial charge on any atom is -0.467 e. The molecule has 2 aromatic carbocycles. The van der Waals surface area contributed by atoms with Crippen LogP contribution in [0.5, 0.6) is 0 Å². The zero-order valence-corrected chi connectivity index (χ0v) is 12.2. The predicted octanol–water partition coefficient (Wildman–Crippen LogP) is 4.23. The second-order valence-electron chi connectivity index (χ2n) is 5.94. The Kier molecular flexibility index (Phi) is 2.54. The van der Waals surface area contributed by atoms with Crippen molar-refractivity contribution in [2.75, 3.05) is 0 Å². The molecule has 2 aliphatic heterocycles. The Morgan fingerprint density at radius 2 is 1.38 bits per heavy atom. The molecule has 0 N–H and O–H groups in total. The summed E-state index contributed by atoms with van der Waals surface area (Å²) in [5, 5.41) is 0. The van der Waals surface area contributed by atoms with Crippen LogP contribution in [0.4, 0.5) is 0 Å². The topological polar surface area (TPSA) is 18.5 Å². The molecule has 1 fully saturated rings. The van der Waals surface area contributed by atoms with Crippen LogP contribution in [0, 0.1) is 5.92 Å². The lowest BCUT2D eigenvalue weighted by molar-refractivity contribution is -0.375. The lowest BCUT2D eigenvalue weighted by Crippen LogP contribution is -2.63. The highest BCUT2D eigenvalue weighted by atomic mass is 16.7. The van der Waals surface area contributed by atoms with Crippen LogP contribution in [-0.2, 0) is 15.1 Å². The summed E-state index contributed by atoms with van der Waals surface area (Å²) in [6, 6.07) is 20.8. The molecule has 2 heterocycles. The molecule has 0 aliphatic carbocycles. The third-order valence-electron chi connectivity index (χ3n) is 4.54. The van der Waals surface area contributed by atoms with Crippen LogP contribution in [0.15, 0.2) is 72.5 Å². The summed E-state index contributed by atoms with van der Waals surface area (Å²) in [6.45, 7) is 4.02. The van der Waals surface area contributed by atoms with Crippen molar-refractivity contribution >= 4 is 0 Å². The zero-order valence-electron chi connectivity index (χ0n) is 12.2. The Morgan fingerprint density at radius 3 is 1.86 bits per heavy atom. The van der Waals surface area contributed by atoms with Crippen molar-refractivity contribution < 1.29 is 9.47 Å². The Morgan fingerprint density at radius 1 is 0.857 bits per heavy atom. The molecule has 0 bridgehead atoms. The quantitative estimate of drug-likeness (QED) is 0.818. The summed E-state index contributed by atoms with van der Waals surface area (Å²) in [4.78, 5) is 0. The van der Waals surface area contributed by atoms with Gasteiger partial charge in [0.25, 0.3) is 0 Å². The van der Waals surface area contributed by atoms with Crippen molar-refractivity contribution in [2.45, 2.75) is 25.2 Å². The smallest absolute Gasteiger partial charge is 0.218 e. The van der Waals surface area contributed by atoms with E-state index >= 15 is 0 Å². The number of benzene rings is 2. The SMILES string of the molecule is CC1=CC2C(C)(O1)OC2(c1ccccc1)c1ccccc1. The summed E-state index contributed by atoms with van der Waals surface area (Å²) in [5.41, 5.74) is 1.90. The van der Waals surface area contributed by atoms with Crippen LogP contribution in [-0.4, -0.2) is 5.79 Å². The second kappa shape index (κ2) is 4.22. The molecular formula is C19H18O2. The third-order valence-corrected chi connectivity index (χ3v) is 4.54. The fourth-order valence-electron chi connectivity index (χ4n) is 3.71. The van der Waals surface area contributed by atoms with Gasteiger partial charge in [0, 0.05) is 6.92 Å². The van der Waals surface area contributed by atoms with Crippen LogP contribution in [0.3, 0.4) is 0 Å². The maximum Gasteiger partial charge on any atom is 0.218 e. The van der Waals surface area contributed by atoms with E-state index < -0.39 is 11.4 Å². The van der Waals surface area contributed by atoms with Gasteiger partial charge < -0.3 is 9.47 Å². The summed E-state index contributed by atoms with van der Waals surface area (Å²) in [7, 11) is 0. The molecule has 2 aromatic rings. The second-order valence-corrected chi connectivity index (χ2v) is 5.94. The average molecular weight is 278 g/mol. The molecule has 0 radical (unpaired) electrons. The third kappa shape index (κ3) is 1.63. The molecule has 0 amide bonds. The standard InChI is InChI=1S/C19H18O2/c1-14-13-17-18(2,20-14)21-19(17,15-9-5-3-6-10-15)16-11-7-4-8-12-16/h3-13,17H,1-2H3. The molecule has 21 heavy (non-hydrogen) atoms. The lowest BCUT2D eigenvalue weighted by atomic mass is 9.67. The van der Waals surface area contributed by atoms with Gasteiger partial charge in [0.2, 0.25) is 5.79 Å².